The van der Waals surface area contributed by atoms with Gasteiger partial charge in [0.15, 0.2) is 5.78 Å². The van der Waals surface area contributed by atoms with Crippen LogP contribution in [0.25, 0.3) is 0 Å². The van der Waals surface area contributed by atoms with Crippen LogP contribution in [-0.2, 0) is 11.2 Å². The summed E-state index contributed by atoms with van der Waals surface area (Å²) in [6, 6.07) is 15.8. The Bertz CT molecular complexity index is 591. The summed E-state index contributed by atoms with van der Waals surface area (Å²) in [6.07, 6.45) is 0.698. The number of ether oxygens (including phenoxy) is 1. The summed E-state index contributed by atoms with van der Waals surface area (Å²) in [5.74, 6) is 0.840. The Morgan fingerprint density at radius 1 is 1.10 bits per heavy atom. The normalized spacial score (nSPS) is 12.0. The molecule has 110 valence electrons. The highest BCUT2D eigenvalue weighted by Gasteiger charge is 2.20. The minimum absolute atomic E-state index is 0.142. The van der Waals surface area contributed by atoms with Crippen molar-refractivity contribution >= 4 is 37.6 Å². The second-order valence-corrected chi connectivity index (χ2v) is 6.23. The number of halogens is 2. The minimum Gasteiger partial charge on any atom is -0.497 e. The summed E-state index contributed by atoms with van der Waals surface area (Å²) in [7, 11) is 1.64. The zero-order chi connectivity index (χ0) is 15.2. The molecule has 0 bridgehead atoms. The van der Waals surface area contributed by atoms with Gasteiger partial charge in [0.2, 0.25) is 0 Å². The molecule has 0 fully saturated rings. The number of rotatable bonds is 6. The van der Waals surface area contributed by atoms with Crippen molar-refractivity contribution in [3.63, 3.8) is 0 Å². The van der Waals surface area contributed by atoms with Crippen molar-refractivity contribution in [1.29, 1.82) is 0 Å². The number of hydrogen-bond acceptors (Lipinski definition) is 2. The van der Waals surface area contributed by atoms with Crippen LogP contribution in [-0.4, -0.2) is 18.2 Å². The Kier molecular flexibility index (Phi) is 6.00. The van der Waals surface area contributed by atoms with Crippen LogP contribution in [0.2, 0.25) is 0 Å². The highest BCUT2D eigenvalue weighted by atomic mass is 79.9. The summed E-state index contributed by atoms with van der Waals surface area (Å²) < 4.78 is 6.21. The summed E-state index contributed by atoms with van der Waals surface area (Å²) in [5, 5.41) is 0.361. The molecular weight excluding hydrogens is 396 g/mol. The van der Waals surface area contributed by atoms with E-state index in [1.807, 2.05) is 48.5 Å². The molecule has 21 heavy (non-hydrogen) atoms. The first-order chi connectivity index (χ1) is 10.1. The van der Waals surface area contributed by atoms with Gasteiger partial charge in [-0.15, -0.1) is 0 Å². The smallest absolute Gasteiger partial charge is 0.151 e. The fraction of sp³-hybridized carbons (Fsp3) is 0.235. The van der Waals surface area contributed by atoms with E-state index in [2.05, 4.69) is 31.9 Å². The molecule has 2 aromatic rings. The number of Topliss-reactive ketones (excluding diaryl/α,β-unsaturated/α-hetero) is 1. The second-order valence-electron chi connectivity index (χ2n) is 4.76. The third-order valence-electron chi connectivity index (χ3n) is 3.39. The number of carbonyl (C=O) groups is 1. The highest BCUT2D eigenvalue weighted by Crippen LogP contribution is 2.25. The Labute approximate surface area is 141 Å². The number of hydrogen-bond donors (Lipinski definition) is 0. The molecule has 0 saturated heterocycles. The van der Waals surface area contributed by atoms with Gasteiger partial charge in [-0.2, -0.15) is 0 Å². The molecule has 2 rings (SSSR count). The van der Waals surface area contributed by atoms with Gasteiger partial charge in [-0.05, 0) is 41.8 Å². The molecule has 0 aromatic heterocycles. The van der Waals surface area contributed by atoms with Crippen molar-refractivity contribution in [3.05, 3.63) is 64.1 Å². The van der Waals surface area contributed by atoms with Crippen LogP contribution in [0.5, 0.6) is 5.75 Å². The zero-order valence-electron chi connectivity index (χ0n) is 11.7. The largest absolute Gasteiger partial charge is 0.497 e. The van der Waals surface area contributed by atoms with Crippen LogP contribution < -0.4 is 4.74 Å². The molecule has 0 radical (unpaired) electrons. The van der Waals surface area contributed by atoms with E-state index in [-0.39, 0.29) is 11.7 Å². The quantitative estimate of drug-likeness (QED) is 0.641. The third kappa shape index (κ3) is 4.42. The monoisotopic (exact) mass is 410 g/mol. The van der Waals surface area contributed by atoms with E-state index in [0.717, 1.165) is 21.3 Å². The second kappa shape index (κ2) is 7.76. The molecule has 1 atom stereocenters. The van der Waals surface area contributed by atoms with E-state index < -0.39 is 0 Å². The lowest BCUT2D eigenvalue weighted by molar-refractivity contribution is -0.117. The Morgan fingerprint density at radius 2 is 1.71 bits per heavy atom. The number of benzene rings is 2. The third-order valence-corrected chi connectivity index (χ3v) is 4.47. The van der Waals surface area contributed by atoms with E-state index in [9.17, 15) is 4.79 Å². The van der Waals surface area contributed by atoms with Crippen LogP contribution >= 0.6 is 31.9 Å². The molecule has 0 N–H and O–H groups in total. The average Bonchev–Trinajstić information content (AvgIpc) is 2.54. The number of ketones is 1. The molecule has 1 unspecified atom stereocenters. The van der Waals surface area contributed by atoms with Crippen molar-refractivity contribution in [3.8, 4) is 5.75 Å². The molecule has 0 amide bonds. The molecule has 0 heterocycles. The summed E-state index contributed by atoms with van der Waals surface area (Å²) in [6.45, 7) is 0. The predicted molar refractivity (Wildman–Crippen MR) is 92.4 cm³/mol. The van der Waals surface area contributed by atoms with Crippen LogP contribution in [0.3, 0.4) is 0 Å². The number of alkyl halides is 1. The molecular formula is C17H16Br2O2. The lowest BCUT2D eigenvalue weighted by Gasteiger charge is -2.16. The number of carbonyl (C=O) groups excluding carboxylic acids is 1. The van der Waals surface area contributed by atoms with Gasteiger partial charge in [-0.3, -0.25) is 4.79 Å². The van der Waals surface area contributed by atoms with Crippen LogP contribution in [0.1, 0.15) is 17.0 Å². The highest BCUT2D eigenvalue weighted by molar-refractivity contribution is 9.10. The summed E-state index contributed by atoms with van der Waals surface area (Å²) in [4.78, 5) is 12.3. The SMILES string of the molecule is COc1ccc(C(Cc2ccc(Br)cc2)C(=O)CBr)cc1. The van der Waals surface area contributed by atoms with Crippen molar-refractivity contribution in [2.45, 2.75) is 12.3 Å². The van der Waals surface area contributed by atoms with Gasteiger partial charge < -0.3 is 4.74 Å². The fourth-order valence-electron chi connectivity index (χ4n) is 2.20. The number of methoxy groups -OCH3 is 1. The summed E-state index contributed by atoms with van der Waals surface area (Å²) in [5.41, 5.74) is 2.16. The lowest BCUT2D eigenvalue weighted by atomic mass is 9.89. The summed E-state index contributed by atoms with van der Waals surface area (Å²) >= 11 is 6.71. The van der Waals surface area contributed by atoms with Gasteiger partial charge in [0.05, 0.1) is 12.4 Å². The van der Waals surface area contributed by atoms with E-state index in [1.165, 1.54) is 0 Å². The molecule has 2 aromatic carbocycles. The van der Waals surface area contributed by atoms with Crippen LogP contribution in [0.15, 0.2) is 53.0 Å². The molecule has 4 heteroatoms. The van der Waals surface area contributed by atoms with Gasteiger partial charge in [-0.25, -0.2) is 0 Å². The van der Waals surface area contributed by atoms with Crippen molar-refractivity contribution in [1.82, 2.24) is 0 Å². The zero-order valence-corrected chi connectivity index (χ0v) is 14.9. The van der Waals surface area contributed by atoms with E-state index in [4.69, 9.17) is 4.74 Å². The first kappa shape index (κ1) is 16.2. The van der Waals surface area contributed by atoms with Gasteiger partial charge in [0.25, 0.3) is 0 Å². The average molecular weight is 412 g/mol. The maximum absolute atomic E-state index is 12.3. The standard InChI is InChI=1S/C17H16Br2O2/c1-21-15-8-4-13(5-9-15)16(17(20)11-18)10-12-2-6-14(19)7-3-12/h2-9,16H,10-11H2,1H3. The van der Waals surface area contributed by atoms with E-state index in [0.29, 0.717) is 11.8 Å². The minimum atomic E-state index is -0.142. The van der Waals surface area contributed by atoms with E-state index >= 15 is 0 Å². The first-order valence-electron chi connectivity index (χ1n) is 6.61. The van der Waals surface area contributed by atoms with Crippen molar-refractivity contribution in [2.75, 3.05) is 12.4 Å². The molecule has 0 spiro atoms. The molecule has 0 aliphatic heterocycles. The Balaban J connectivity index is 2.25. The van der Waals surface area contributed by atoms with Crippen LogP contribution in [0.4, 0.5) is 0 Å². The molecule has 0 aliphatic rings. The predicted octanol–water partition coefficient (Wildman–Crippen LogP) is 4.75. The Hall–Kier alpha value is -1.13. The van der Waals surface area contributed by atoms with Gasteiger partial charge in [0, 0.05) is 10.4 Å². The Morgan fingerprint density at radius 3 is 2.24 bits per heavy atom. The van der Waals surface area contributed by atoms with E-state index in [1.54, 1.807) is 7.11 Å². The topological polar surface area (TPSA) is 26.3 Å². The fourth-order valence-corrected chi connectivity index (χ4v) is 2.86. The lowest BCUT2D eigenvalue weighted by Crippen LogP contribution is -2.16. The van der Waals surface area contributed by atoms with Crippen LogP contribution in [0, 0.1) is 0 Å². The first-order valence-corrected chi connectivity index (χ1v) is 8.52. The maximum Gasteiger partial charge on any atom is 0.151 e. The molecule has 0 aliphatic carbocycles. The van der Waals surface area contributed by atoms with Crippen molar-refractivity contribution < 1.29 is 9.53 Å². The molecule has 0 saturated carbocycles. The van der Waals surface area contributed by atoms with Gasteiger partial charge in [-0.1, -0.05) is 56.1 Å². The maximum atomic E-state index is 12.3. The van der Waals surface area contributed by atoms with Gasteiger partial charge >= 0.3 is 0 Å². The molecule has 2 nitrogen and oxygen atoms in total. The van der Waals surface area contributed by atoms with Gasteiger partial charge in [0.1, 0.15) is 5.75 Å². The van der Waals surface area contributed by atoms with Crippen molar-refractivity contribution in [2.24, 2.45) is 0 Å².